The van der Waals surface area contributed by atoms with Crippen LogP contribution in [0.5, 0.6) is 5.75 Å². The molecule has 0 saturated carbocycles. The third-order valence-electron chi connectivity index (χ3n) is 5.09. The lowest BCUT2D eigenvalue weighted by Gasteiger charge is -2.37. The normalized spacial score (nSPS) is 19.0. The van der Waals surface area contributed by atoms with Crippen molar-refractivity contribution in [1.29, 1.82) is 0 Å². The van der Waals surface area contributed by atoms with Crippen LogP contribution >= 0.6 is 0 Å². The van der Waals surface area contributed by atoms with Crippen molar-refractivity contribution in [2.24, 2.45) is 0 Å². The largest absolute Gasteiger partial charge is 0.476 e. The Hall–Kier alpha value is -2.86. The SMILES string of the molecule is Cc1cc(C)cc(C(=O)N2CC(C(=O)N3CCOCC3)Oc3ccccc32)c1. The molecule has 1 atom stereocenters. The first-order valence-electron chi connectivity index (χ1n) is 9.55. The predicted molar refractivity (Wildman–Crippen MR) is 106 cm³/mol. The van der Waals surface area contributed by atoms with Crippen LogP contribution in [0.1, 0.15) is 21.5 Å². The molecule has 1 unspecified atom stereocenters. The van der Waals surface area contributed by atoms with Gasteiger partial charge in [-0.15, -0.1) is 0 Å². The monoisotopic (exact) mass is 380 g/mol. The van der Waals surface area contributed by atoms with Crippen molar-refractivity contribution < 1.29 is 19.1 Å². The van der Waals surface area contributed by atoms with Crippen LogP contribution < -0.4 is 9.64 Å². The molecule has 4 rings (SSSR count). The average Bonchev–Trinajstić information content (AvgIpc) is 2.71. The molecule has 0 spiro atoms. The highest BCUT2D eigenvalue weighted by molar-refractivity contribution is 6.08. The van der Waals surface area contributed by atoms with Gasteiger partial charge in [-0.05, 0) is 38.1 Å². The topological polar surface area (TPSA) is 59.1 Å². The van der Waals surface area contributed by atoms with Gasteiger partial charge in [-0.3, -0.25) is 9.59 Å². The molecule has 2 aromatic rings. The summed E-state index contributed by atoms with van der Waals surface area (Å²) in [5, 5.41) is 0. The highest BCUT2D eigenvalue weighted by Gasteiger charge is 2.36. The molecule has 28 heavy (non-hydrogen) atoms. The maximum Gasteiger partial charge on any atom is 0.265 e. The molecule has 0 bridgehead atoms. The van der Waals surface area contributed by atoms with Gasteiger partial charge in [0.25, 0.3) is 11.8 Å². The number of ether oxygens (including phenoxy) is 2. The Morgan fingerprint density at radius 1 is 1.00 bits per heavy atom. The van der Waals surface area contributed by atoms with E-state index in [4.69, 9.17) is 9.47 Å². The average molecular weight is 380 g/mol. The third kappa shape index (κ3) is 3.60. The van der Waals surface area contributed by atoms with Crippen LogP contribution in [0.3, 0.4) is 0 Å². The number of rotatable bonds is 2. The number of anilines is 1. The quantitative estimate of drug-likeness (QED) is 0.804. The van der Waals surface area contributed by atoms with Gasteiger partial charge in [0.1, 0.15) is 5.75 Å². The van der Waals surface area contributed by atoms with Crippen LogP contribution in [0.2, 0.25) is 0 Å². The van der Waals surface area contributed by atoms with Crippen LogP contribution in [0.25, 0.3) is 0 Å². The second-order valence-corrected chi connectivity index (χ2v) is 7.30. The summed E-state index contributed by atoms with van der Waals surface area (Å²) < 4.78 is 11.3. The van der Waals surface area contributed by atoms with Crippen molar-refractivity contribution in [3.8, 4) is 5.75 Å². The van der Waals surface area contributed by atoms with Gasteiger partial charge in [0.05, 0.1) is 25.4 Å². The van der Waals surface area contributed by atoms with Gasteiger partial charge >= 0.3 is 0 Å². The van der Waals surface area contributed by atoms with Gasteiger partial charge in [-0.2, -0.15) is 0 Å². The standard InChI is InChI=1S/C22H24N2O4/c1-15-11-16(2)13-17(12-15)21(25)24-14-20(22(26)23-7-9-27-10-8-23)28-19-6-4-3-5-18(19)24/h3-6,11-13,20H,7-10,14H2,1-2H3. The van der Waals surface area contributed by atoms with Crippen molar-refractivity contribution in [3.05, 3.63) is 59.2 Å². The Morgan fingerprint density at radius 2 is 1.68 bits per heavy atom. The third-order valence-corrected chi connectivity index (χ3v) is 5.09. The summed E-state index contributed by atoms with van der Waals surface area (Å²) in [6.07, 6.45) is -0.720. The molecule has 146 valence electrons. The molecule has 0 aliphatic carbocycles. The number of carbonyl (C=O) groups excluding carboxylic acids is 2. The van der Waals surface area contributed by atoms with Crippen LogP contribution in [0.15, 0.2) is 42.5 Å². The Morgan fingerprint density at radius 3 is 2.39 bits per heavy atom. The van der Waals surface area contributed by atoms with E-state index in [2.05, 4.69) is 0 Å². The number of nitrogens with zero attached hydrogens (tertiary/aromatic N) is 2. The number of carbonyl (C=O) groups is 2. The molecule has 0 aromatic heterocycles. The van der Waals surface area contributed by atoms with Crippen LogP contribution in [-0.4, -0.2) is 55.7 Å². The zero-order valence-electron chi connectivity index (χ0n) is 16.2. The van der Waals surface area contributed by atoms with Crippen molar-refractivity contribution in [3.63, 3.8) is 0 Å². The number of fused-ring (bicyclic) bond motifs is 1. The molecule has 2 aliphatic rings. The predicted octanol–water partition coefficient (Wildman–Crippen LogP) is 2.57. The Labute approximate surface area is 164 Å². The molecule has 6 heteroatoms. The van der Waals surface area contributed by atoms with Gasteiger partial charge in [0.15, 0.2) is 6.10 Å². The number of amides is 2. The lowest BCUT2D eigenvalue weighted by molar-refractivity contribution is -0.142. The summed E-state index contributed by atoms with van der Waals surface area (Å²) in [5.74, 6) is 0.330. The zero-order valence-corrected chi connectivity index (χ0v) is 16.2. The molecule has 2 aliphatic heterocycles. The smallest absolute Gasteiger partial charge is 0.265 e. The maximum absolute atomic E-state index is 13.3. The minimum atomic E-state index is -0.720. The number of benzene rings is 2. The lowest BCUT2D eigenvalue weighted by atomic mass is 10.0. The van der Waals surface area contributed by atoms with Gasteiger partial charge in [-0.1, -0.05) is 29.3 Å². The first-order chi connectivity index (χ1) is 13.5. The van der Waals surface area contributed by atoms with Crippen LogP contribution in [0.4, 0.5) is 5.69 Å². The van der Waals surface area contributed by atoms with Gasteiger partial charge in [0.2, 0.25) is 0 Å². The molecule has 6 nitrogen and oxygen atoms in total. The van der Waals surface area contributed by atoms with Crippen molar-refractivity contribution >= 4 is 17.5 Å². The van der Waals surface area contributed by atoms with E-state index in [-0.39, 0.29) is 18.4 Å². The summed E-state index contributed by atoms with van der Waals surface area (Å²) in [4.78, 5) is 29.7. The molecular formula is C22H24N2O4. The maximum atomic E-state index is 13.3. The summed E-state index contributed by atoms with van der Waals surface area (Å²) in [7, 11) is 0. The lowest BCUT2D eigenvalue weighted by Crippen LogP contribution is -2.54. The van der Waals surface area contributed by atoms with E-state index in [1.165, 1.54) is 0 Å². The van der Waals surface area contributed by atoms with Crippen molar-refractivity contribution in [1.82, 2.24) is 4.90 Å². The molecule has 2 aromatic carbocycles. The Bertz CT molecular complexity index is 885. The molecule has 2 amide bonds. The van der Waals surface area contributed by atoms with Gasteiger partial charge < -0.3 is 19.3 Å². The molecule has 0 radical (unpaired) electrons. The number of hydrogen-bond donors (Lipinski definition) is 0. The fraction of sp³-hybridized carbons (Fsp3) is 0.364. The molecule has 1 saturated heterocycles. The second kappa shape index (κ2) is 7.64. The second-order valence-electron chi connectivity index (χ2n) is 7.30. The van der Waals surface area contributed by atoms with E-state index < -0.39 is 6.10 Å². The van der Waals surface area contributed by atoms with Crippen molar-refractivity contribution in [2.45, 2.75) is 20.0 Å². The van der Waals surface area contributed by atoms with Crippen LogP contribution in [0, 0.1) is 13.8 Å². The molecular weight excluding hydrogens is 356 g/mol. The summed E-state index contributed by atoms with van der Waals surface area (Å²) in [5.41, 5.74) is 3.38. The summed E-state index contributed by atoms with van der Waals surface area (Å²) >= 11 is 0. The fourth-order valence-corrected chi connectivity index (χ4v) is 3.80. The first-order valence-corrected chi connectivity index (χ1v) is 9.55. The highest BCUT2D eigenvalue weighted by atomic mass is 16.5. The Balaban J connectivity index is 1.65. The fourth-order valence-electron chi connectivity index (χ4n) is 3.80. The minimum absolute atomic E-state index is 0.101. The van der Waals surface area contributed by atoms with E-state index in [1.807, 2.05) is 50.2 Å². The summed E-state index contributed by atoms with van der Waals surface area (Å²) in [6, 6.07) is 13.2. The van der Waals surface area contributed by atoms with Gasteiger partial charge in [0, 0.05) is 18.7 Å². The Kier molecular flexibility index (Phi) is 5.05. The summed E-state index contributed by atoms with van der Waals surface area (Å²) in [6.45, 7) is 6.29. The van der Waals surface area contributed by atoms with E-state index >= 15 is 0 Å². The van der Waals surface area contributed by atoms with Gasteiger partial charge in [-0.25, -0.2) is 0 Å². The first kappa shape index (κ1) is 18.5. The highest BCUT2D eigenvalue weighted by Crippen LogP contribution is 2.34. The van der Waals surface area contributed by atoms with E-state index in [9.17, 15) is 9.59 Å². The van der Waals surface area contributed by atoms with Crippen molar-refractivity contribution in [2.75, 3.05) is 37.7 Å². The van der Waals surface area contributed by atoms with Crippen LogP contribution in [-0.2, 0) is 9.53 Å². The zero-order chi connectivity index (χ0) is 19.7. The van der Waals surface area contributed by atoms with E-state index in [0.717, 1.165) is 11.1 Å². The number of aryl methyl sites for hydroxylation is 2. The molecule has 2 heterocycles. The number of para-hydroxylation sites is 2. The van der Waals surface area contributed by atoms with E-state index in [1.54, 1.807) is 15.9 Å². The minimum Gasteiger partial charge on any atom is -0.476 e. The molecule has 1 fully saturated rings. The molecule has 0 N–H and O–H groups in total. The van der Waals surface area contributed by atoms with E-state index in [0.29, 0.717) is 43.3 Å². The number of morpholine rings is 1. The number of hydrogen-bond acceptors (Lipinski definition) is 4.